The van der Waals surface area contributed by atoms with E-state index in [1.54, 1.807) is 12.3 Å². The standard InChI is InChI=1S/C17H16N2O4S/c1-17(15(20)22-2,19-14-8-5-9-24-14)16(21)23-13-10-18-12-7-4-3-6-11(12)13/h3-10,18-19H,1-2H3/t17-/m1/s1. The summed E-state index contributed by atoms with van der Waals surface area (Å²) in [6.45, 7) is 1.44. The van der Waals surface area contributed by atoms with E-state index >= 15 is 0 Å². The van der Waals surface area contributed by atoms with E-state index in [9.17, 15) is 9.59 Å². The second-order valence-corrected chi connectivity index (χ2v) is 6.25. The summed E-state index contributed by atoms with van der Waals surface area (Å²) in [5.41, 5.74) is -0.816. The van der Waals surface area contributed by atoms with Gasteiger partial charge in [-0.25, -0.2) is 9.59 Å². The molecule has 0 aliphatic carbocycles. The van der Waals surface area contributed by atoms with Crippen LogP contribution in [-0.2, 0) is 14.3 Å². The van der Waals surface area contributed by atoms with Crippen LogP contribution in [0.1, 0.15) is 6.92 Å². The summed E-state index contributed by atoms with van der Waals surface area (Å²) in [7, 11) is 1.23. The molecule has 2 heterocycles. The maximum atomic E-state index is 12.7. The molecule has 0 aliphatic rings. The van der Waals surface area contributed by atoms with Crippen molar-refractivity contribution in [1.82, 2.24) is 4.98 Å². The van der Waals surface area contributed by atoms with E-state index in [4.69, 9.17) is 9.47 Å². The number of esters is 2. The monoisotopic (exact) mass is 344 g/mol. The maximum Gasteiger partial charge on any atom is 0.348 e. The second kappa shape index (κ2) is 6.37. The van der Waals surface area contributed by atoms with Crippen molar-refractivity contribution in [2.24, 2.45) is 0 Å². The van der Waals surface area contributed by atoms with Crippen LogP contribution in [0.25, 0.3) is 10.9 Å². The van der Waals surface area contributed by atoms with Crippen LogP contribution in [0.3, 0.4) is 0 Å². The van der Waals surface area contributed by atoms with Gasteiger partial charge in [-0.2, -0.15) is 0 Å². The predicted octanol–water partition coefficient (Wildman–Crippen LogP) is 3.18. The summed E-state index contributed by atoms with van der Waals surface area (Å²) in [4.78, 5) is 27.9. The van der Waals surface area contributed by atoms with Crippen LogP contribution < -0.4 is 10.1 Å². The Labute approximate surface area is 142 Å². The molecule has 3 rings (SSSR count). The molecule has 0 amide bonds. The molecule has 0 fully saturated rings. The number of methoxy groups -OCH3 is 1. The Kier molecular flexibility index (Phi) is 4.26. The fraction of sp³-hybridized carbons (Fsp3) is 0.176. The summed E-state index contributed by atoms with van der Waals surface area (Å²) in [5.74, 6) is -1.10. The molecular weight excluding hydrogens is 328 g/mol. The topological polar surface area (TPSA) is 80.4 Å². The van der Waals surface area contributed by atoms with Gasteiger partial charge in [-0.3, -0.25) is 0 Å². The number of carbonyl (C=O) groups is 2. The number of rotatable bonds is 5. The van der Waals surface area contributed by atoms with Crippen molar-refractivity contribution in [2.75, 3.05) is 12.4 Å². The molecule has 1 atom stereocenters. The number of nitrogens with one attached hydrogen (secondary N) is 2. The van der Waals surface area contributed by atoms with E-state index < -0.39 is 17.5 Å². The molecule has 7 heteroatoms. The van der Waals surface area contributed by atoms with Crippen LogP contribution in [0.2, 0.25) is 0 Å². The molecule has 0 saturated heterocycles. The Hall–Kier alpha value is -2.80. The van der Waals surface area contributed by atoms with Crippen molar-refractivity contribution in [3.05, 3.63) is 48.0 Å². The highest BCUT2D eigenvalue weighted by Gasteiger charge is 2.45. The molecule has 24 heavy (non-hydrogen) atoms. The van der Waals surface area contributed by atoms with Crippen LogP contribution in [0.5, 0.6) is 5.75 Å². The minimum absolute atomic E-state index is 0.360. The fourth-order valence-corrected chi connectivity index (χ4v) is 3.04. The zero-order chi connectivity index (χ0) is 17.2. The SMILES string of the molecule is COC(=O)[C@@](C)(Nc1cccs1)C(=O)Oc1c[nH]c2ccccc12. The lowest BCUT2D eigenvalue weighted by atomic mass is 10.0. The molecule has 0 saturated carbocycles. The first-order valence-electron chi connectivity index (χ1n) is 7.23. The quantitative estimate of drug-likeness (QED) is 0.549. The minimum Gasteiger partial charge on any atom is -0.467 e. The van der Waals surface area contributed by atoms with Gasteiger partial charge in [-0.05, 0) is 36.6 Å². The Balaban J connectivity index is 1.90. The summed E-state index contributed by atoms with van der Waals surface area (Å²) in [5, 5.41) is 6.17. The third kappa shape index (κ3) is 2.85. The molecule has 0 bridgehead atoms. The number of ether oxygens (including phenoxy) is 2. The smallest absolute Gasteiger partial charge is 0.348 e. The molecule has 0 aliphatic heterocycles. The number of anilines is 1. The van der Waals surface area contributed by atoms with Gasteiger partial charge in [0.05, 0.1) is 12.1 Å². The molecular formula is C17H16N2O4S. The molecule has 6 nitrogen and oxygen atoms in total. The number of fused-ring (bicyclic) bond motifs is 1. The first-order chi connectivity index (χ1) is 11.5. The lowest BCUT2D eigenvalue weighted by molar-refractivity contribution is -0.155. The van der Waals surface area contributed by atoms with Crippen LogP contribution >= 0.6 is 11.3 Å². The summed E-state index contributed by atoms with van der Waals surface area (Å²) in [6.07, 6.45) is 1.59. The Morgan fingerprint density at radius 1 is 1.17 bits per heavy atom. The number of hydrogen-bond acceptors (Lipinski definition) is 6. The molecule has 124 valence electrons. The summed E-state index contributed by atoms with van der Waals surface area (Å²) in [6, 6.07) is 11.0. The molecule has 2 aromatic heterocycles. The summed E-state index contributed by atoms with van der Waals surface area (Å²) >= 11 is 1.37. The third-order valence-electron chi connectivity index (χ3n) is 3.65. The molecule has 0 unspecified atom stereocenters. The first kappa shape index (κ1) is 16.1. The number of thiophene rings is 1. The van der Waals surface area contributed by atoms with E-state index in [-0.39, 0.29) is 0 Å². The van der Waals surface area contributed by atoms with Crippen molar-refractivity contribution in [2.45, 2.75) is 12.5 Å². The highest BCUT2D eigenvalue weighted by Crippen LogP contribution is 2.28. The number of H-pyrrole nitrogens is 1. The normalized spacial score (nSPS) is 13.2. The maximum absolute atomic E-state index is 12.7. The highest BCUT2D eigenvalue weighted by molar-refractivity contribution is 7.14. The average Bonchev–Trinajstić information content (AvgIpc) is 3.24. The van der Waals surface area contributed by atoms with Gasteiger partial charge in [-0.1, -0.05) is 12.1 Å². The number of carbonyl (C=O) groups excluding carboxylic acids is 2. The zero-order valence-electron chi connectivity index (χ0n) is 13.2. The number of para-hydroxylation sites is 1. The van der Waals surface area contributed by atoms with Gasteiger partial charge in [0.25, 0.3) is 0 Å². The molecule has 2 N–H and O–H groups in total. The van der Waals surface area contributed by atoms with Gasteiger partial charge in [-0.15, -0.1) is 11.3 Å². The zero-order valence-corrected chi connectivity index (χ0v) is 14.0. The first-order valence-corrected chi connectivity index (χ1v) is 8.11. The lowest BCUT2D eigenvalue weighted by Crippen LogP contribution is -2.53. The molecule has 0 spiro atoms. The van der Waals surface area contributed by atoms with E-state index in [2.05, 4.69) is 10.3 Å². The Morgan fingerprint density at radius 2 is 1.96 bits per heavy atom. The van der Waals surface area contributed by atoms with Gasteiger partial charge in [0.1, 0.15) is 0 Å². The van der Waals surface area contributed by atoms with Crippen molar-refractivity contribution in [3.63, 3.8) is 0 Å². The van der Waals surface area contributed by atoms with Gasteiger partial charge >= 0.3 is 11.9 Å². The number of benzene rings is 1. The molecule has 0 radical (unpaired) electrons. The molecule has 1 aromatic carbocycles. The van der Waals surface area contributed by atoms with Crippen LogP contribution in [0.4, 0.5) is 5.00 Å². The Morgan fingerprint density at radius 3 is 2.67 bits per heavy atom. The number of hydrogen-bond donors (Lipinski definition) is 2. The predicted molar refractivity (Wildman–Crippen MR) is 92.3 cm³/mol. The average molecular weight is 344 g/mol. The number of aromatic nitrogens is 1. The largest absolute Gasteiger partial charge is 0.467 e. The highest BCUT2D eigenvalue weighted by atomic mass is 32.1. The van der Waals surface area contributed by atoms with E-state index in [1.165, 1.54) is 25.4 Å². The van der Waals surface area contributed by atoms with Crippen LogP contribution in [0, 0.1) is 0 Å². The van der Waals surface area contributed by atoms with Crippen LogP contribution in [-0.4, -0.2) is 29.6 Å². The Bertz CT molecular complexity index is 872. The molecule has 3 aromatic rings. The van der Waals surface area contributed by atoms with Crippen molar-refractivity contribution >= 4 is 39.2 Å². The minimum atomic E-state index is -1.65. The van der Waals surface area contributed by atoms with Crippen molar-refractivity contribution in [1.29, 1.82) is 0 Å². The fourth-order valence-electron chi connectivity index (χ4n) is 2.32. The van der Waals surface area contributed by atoms with Gasteiger partial charge in [0, 0.05) is 17.1 Å². The van der Waals surface area contributed by atoms with Crippen molar-refractivity contribution in [3.8, 4) is 5.75 Å². The van der Waals surface area contributed by atoms with E-state index in [1.807, 2.05) is 35.7 Å². The lowest BCUT2D eigenvalue weighted by Gasteiger charge is -2.25. The summed E-state index contributed by atoms with van der Waals surface area (Å²) < 4.78 is 10.3. The second-order valence-electron chi connectivity index (χ2n) is 5.31. The number of aromatic amines is 1. The van der Waals surface area contributed by atoms with Gasteiger partial charge in [0.2, 0.25) is 5.54 Å². The third-order valence-corrected chi connectivity index (χ3v) is 4.44. The van der Waals surface area contributed by atoms with Crippen LogP contribution in [0.15, 0.2) is 48.0 Å². The van der Waals surface area contributed by atoms with Gasteiger partial charge in [0.15, 0.2) is 5.75 Å². The van der Waals surface area contributed by atoms with Crippen molar-refractivity contribution < 1.29 is 19.1 Å². The van der Waals surface area contributed by atoms with E-state index in [0.717, 1.165) is 10.9 Å². The van der Waals surface area contributed by atoms with Gasteiger partial charge < -0.3 is 19.8 Å². The van der Waals surface area contributed by atoms with E-state index in [0.29, 0.717) is 10.8 Å².